The van der Waals surface area contributed by atoms with Crippen molar-refractivity contribution in [2.45, 2.75) is 32.7 Å². The topological polar surface area (TPSA) is 38.0 Å². The van der Waals surface area contributed by atoms with Crippen LogP contribution < -0.4 is 11.3 Å². The highest BCUT2D eigenvalue weighted by Gasteiger charge is 2.20. The van der Waals surface area contributed by atoms with Gasteiger partial charge in [-0.2, -0.15) is 0 Å². The zero-order valence-electron chi connectivity index (χ0n) is 9.63. The highest BCUT2D eigenvalue weighted by Crippen LogP contribution is 2.27. The molecule has 1 aromatic carbocycles. The molecule has 0 aliphatic heterocycles. The van der Waals surface area contributed by atoms with E-state index in [-0.39, 0.29) is 6.04 Å². The molecule has 0 amide bonds. The first-order valence-corrected chi connectivity index (χ1v) is 5.55. The molecule has 0 fully saturated rings. The molecular formula is C12H18F2N2. The molecule has 2 nitrogen and oxygen atoms in total. The Hall–Kier alpha value is -1.00. The average molecular weight is 228 g/mol. The molecule has 0 bridgehead atoms. The fraction of sp³-hybridized carbons (Fsp3) is 0.500. The van der Waals surface area contributed by atoms with Crippen LogP contribution in [0.5, 0.6) is 0 Å². The lowest BCUT2D eigenvalue weighted by Crippen LogP contribution is -2.33. The molecule has 0 aromatic heterocycles. The summed E-state index contributed by atoms with van der Waals surface area (Å²) in [6.45, 7) is 4.11. The molecule has 0 spiro atoms. The van der Waals surface area contributed by atoms with E-state index >= 15 is 0 Å². The molecule has 0 aliphatic carbocycles. The van der Waals surface area contributed by atoms with Crippen LogP contribution in [0.2, 0.25) is 0 Å². The maximum Gasteiger partial charge on any atom is 0.159 e. The Labute approximate surface area is 94.8 Å². The van der Waals surface area contributed by atoms with Crippen LogP contribution >= 0.6 is 0 Å². The molecule has 1 atom stereocenters. The zero-order valence-corrected chi connectivity index (χ0v) is 9.63. The summed E-state index contributed by atoms with van der Waals surface area (Å²) >= 11 is 0. The molecule has 3 N–H and O–H groups in total. The van der Waals surface area contributed by atoms with E-state index in [9.17, 15) is 8.78 Å². The summed E-state index contributed by atoms with van der Waals surface area (Å²) in [5.41, 5.74) is 3.37. The lowest BCUT2D eigenvalue weighted by Gasteiger charge is -2.25. The fourth-order valence-electron chi connectivity index (χ4n) is 1.97. The first-order chi connectivity index (χ1) is 7.63. The minimum absolute atomic E-state index is 0.134. The van der Waals surface area contributed by atoms with Gasteiger partial charge in [0.25, 0.3) is 0 Å². The number of hydrazine groups is 1. The van der Waals surface area contributed by atoms with E-state index in [1.165, 1.54) is 6.07 Å². The van der Waals surface area contributed by atoms with E-state index in [0.29, 0.717) is 11.5 Å². The van der Waals surface area contributed by atoms with Gasteiger partial charge in [-0.05, 0) is 23.6 Å². The van der Waals surface area contributed by atoms with Gasteiger partial charge in [0.15, 0.2) is 11.6 Å². The normalized spacial score (nSPS) is 13.1. The van der Waals surface area contributed by atoms with Crippen LogP contribution in [0.15, 0.2) is 18.2 Å². The maximum atomic E-state index is 13.1. The number of benzene rings is 1. The molecule has 0 saturated heterocycles. The standard InChI is InChI=1S/C12H18F2N2/c1-3-8(4-2)12(16-15)9-5-6-10(13)11(14)7-9/h5-8,12,16H,3-4,15H2,1-2H3. The molecule has 0 radical (unpaired) electrons. The van der Waals surface area contributed by atoms with Crippen LogP contribution in [-0.4, -0.2) is 0 Å². The summed E-state index contributed by atoms with van der Waals surface area (Å²) in [7, 11) is 0. The lowest BCUT2D eigenvalue weighted by molar-refractivity contribution is 0.343. The lowest BCUT2D eigenvalue weighted by atomic mass is 9.89. The zero-order chi connectivity index (χ0) is 12.1. The fourth-order valence-corrected chi connectivity index (χ4v) is 1.97. The smallest absolute Gasteiger partial charge is 0.159 e. The second-order valence-electron chi connectivity index (χ2n) is 3.89. The Morgan fingerprint density at radius 2 is 1.81 bits per heavy atom. The van der Waals surface area contributed by atoms with Crippen molar-refractivity contribution in [3.05, 3.63) is 35.4 Å². The van der Waals surface area contributed by atoms with Crippen LogP contribution in [0, 0.1) is 17.6 Å². The predicted octanol–water partition coefficient (Wildman–Crippen LogP) is 2.91. The summed E-state index contributed by atoms with van der Waals surface area (Å²) in [6, 6.07) is 3.78. The van der Waals surface area contributed by atoms with E-state index in [1.807, 2.05) is 0 Å². The summed E-state index contributed by atoms with van der Waals surface area (Å²) in [5, 5.41) is 0. The number of hydrogen-bond acceptors (Lipinski definition) is 2. The third-order valence-electron chi connectivity index (χ3n) is 3.00. The number of rotatable bonds is 5. The molecule has 0 aliphatic rings. The number of nitrogens with two attached hydrogens (primary N) is 1. The summed E-state index contributed by atoms with van der Waals surface area (Å²) in [5.74, 6) is 4.13. The quantitative estimate of drug-likeness (QED) is 0.600. The third-order valence-corrected chi connectivity index (χ3v) is 3.00. The molecule has 1 aromatic rings. The maximum absolute atomic E-state index is 13.1. The van der Waals surface area contributed by atoms with Gasteiger partial charge in [0.1, 0.15) is 0 Å². The third kappa shape index (κ3) is 2.77. The first kappa shape index (κ1) is 13.1. The van der Waals surface area contributed by atoms with Crippen molar-refractivity contribution in [2.75, 3.05) is 0 Å². The molecule has 1 unspecified atom stereocenters. The first-order valence-electron chi connectivity index (χ1n) is 5.55. The molecule has 0 saturated carbocycles. The van der Waals surface area contributed by atoms with Gasteiger partial charge < -0.3 is 0 Å². The Bertz CT molecular complexity index is 338. The Morgan fingerprint density at radius 3 is 2.25 bits per heavy atom. The largest absolute Gasteiger partial charge is 0.271 e. The van der Waals surface area contributed by atoms with Gasteiger partial charge in [0, 0.05) is 6.04 Å². The van der Waals surface area contributed by atoms with Gasteiger partial charge in [-0.25, -0.2) is 8.78 Å². The van der Waals surface area contributed by atoms with Crippen LogP contribution in [-0.2, 0) is 0 Å². The Kier molecular flexibility index (Phi) is 4.83. The Morgan fingerprint density at radius 1 is 1.19 bits per heavy atom. The van der Waals surface area contributed by atoms with Crippen LogP contribution in [0.1, 0.15) is 38.3 Å². The van der Waals surface area contributed by atoms with E-state index in [1.54, 1.807) is 6.07 Å². The minimum Gasteiger partial charge on any atom is -0.271 e. The highest BCUT2D eigenvalue weighted by atomic mass is 19.2. The van der Waals surface area contributed by atoms with Crippen LogP contribution in [0.25, 0.3) is 0 Å². The van der Waals surface area contributed by atoms with E-state index in [4.69, 9.17) is 5.84 Å². The van der Waals surface area contributed by atoms with E-state index < -0.39 is 11.6 Å². The Balaban J connectivity index is 2.98. The van der Waals surface area contributed by atoms with Crippen molar-refractivity contribution in [1.29, 1.82) is 0 Å². The van der Waals surface area contributed by atoms with Gasteiger partial charge in [-0.3, -0.25) is 11.3 Å². The molecule has 16 heavy (non-hydrogen) atoms. The summed E-state index contributed by atoms with van der Waals surface area (Å²) < 4.78 is 25.9. The second-order valence-corrected chi connectivity index (χ2v) is 3.89. The summed E-state index contributed by atoms with van der Waals surface area (Å²) in [6.07, 6.45) is 1.87. The van der Waals surface area contributed by atoms with Gasteiger partial charge in [0.2, 0.25) is 0 Å². The SMILES string of the molecule is CCC(CC)C(NN)c1ccc(F)c(F)c1. The van der Waals surface area contributed by atoms with Gasteiger partial charge in [0.05, 0.1) is 0 Å². The van der Waals surface area contributed by atoms with Gasteiger partial charge in [-0.1, -0.05) is 32.8 Å². The summed E-state index contributed by atoms with van der Waals surface area (Å²) in [4.78, 5) is 0. The van der Waals surface area contributed by atoms with E-state index in [0.717, 1.165) is 18.9 Å². The average Bonchev–Trinajstić information content (AvgIpc) is 2.29. The van der Waals surface area contributed by atoms with Crippen molar-refractivity contribution >= 4 is 0 Å². The molecular weight excluding hydrogens is 210 g/mol. The predicted molar refractivity (Wildman–Crippen MR) is 60.5 cm³/mol. The van der Waals surface area contributed by atoms with Gasteiger partial charge in [-0.15, -0.1) is 0 Å². The van der Waals surface area contributed by atoms with Gasteiger partial charge >= 0.3 is 0 Å². The highest BCUT2D eigenvalue weighted by molar-refractivity contribution is 5.21. The monoisotopic (exact) mass is 228 g/mol. The number of halogens is 2. The van der Waals surface area contributed by atoms with Crippen LogP contribution in [0.3, 0.4) is 0 Å². The van der Waals surface area contributed by atoms with Crippen molar-refractivity contribution in [2.24, 2.45) is 11.8 Å². The van der Waals surface area contributed by atoms with Crippen molar-refractivity contribution in [1.82, 2.24) is 5.43 Å². The molecule has 0 heterocycles. The molecule has 4 heteroatoms. The van der Waals surface area contributed by atoms with Crippen molar-refractivity contribution < 1.29 is 8.78 Å². The number of hydrogen-bond donors (Lipinski definition) is 2. The molecule has 90 valence electrons. The second kappa shape index (κ2) is 5.92. The van der Waals surface area contributed by atoms with Crippen molar-refractivity contribution in [3.8, 4) is 0 Å². The minimum atomic E-state index is -0.830. The molecule has 1 rings (SSSR count). The van der Waals surface area contributed by atoms with E-state index in [2.05, 4.69) is 19.3 Å². The number of nitrogens with one attached hydrogen (secondary N) is 1. The van der Waals surface area contributed by atoms with Crippen LogP contribution in [0.4, 0.5) is 8.78 Å². The van der Waals surface area contributed by atoms with Crippen molar-refractivity contribution in [3.63, 3.8) is 0 Å².